The number of nitrogens with one attached hydrogen (secondary N) is 1. The summed E-state index contributed by atoms with van der Waals surface area (Å²) < 4.78 is 10.3. The lowest BCUT2D eigenvalue weighted by molar-refractivity contribution is -0.124. The van der Waals surface area contributed by atoms with Gasteiger partial charge in [-0.05, 0) is 26.0 Å². The molecule has 0 saturated heterocycles. The number of carbonyl (C=O) groups is 1. The number of ether oxygens (including phenoxy) is 2. The molecule has 18 heavy (non-hydrogen) atoms. The van der Waals surface area contributed by atoms with E-state index in [9.17, 15) is 9.90 Å². The van der Waals surface area contributed by atoms with Crippen molar-refractivity contribution in [2.45, 2.75) is 19.9 Å². The van der Waals surface area contributed by atoms with E-state index in [-0.39, 0.29) is 24.3 Å². The Kier molecular flexibility index (Phi) is 5.45. The third kappa shape index (κ3) is 4.25. The second-order valence-corrected chi connectivity index (χ2v) is 4.11. The van der Waals surface area contributed by atoms with Gasteiger partial charge >= 0.3 is 0 Å². The fraction of sp³-hybridized carbons (Fsp3) is 0.462. The lowest BCUT2D eigenvalue weighted by Gasteiger charge is -2.14. The number of carbonyl (C=O) groups excluding carboxylic acids is 1. The average Bonchev–Trinajstić information content (AvgIpc) is 2.31. The SMILES string of the molecule is COCC(C)NC(=O)COc1cccc(O)c1C. The zero-order valence-electron chi connectivity index (χ0n) is 10.9. The van der Waals surface area contributed by atoms with E-state index in [0.717, 1.165) is 0 Å². The molecule has 2 N–H and O–H groups in total. The normalized spacial score (nSPS) is 11.9. The van der Waals surface area contributed by atoms with Crippen molar-refractivity contribution in [2.24, 2.45) is 0 Å². The van der Waals surface area contributed by atoms with Crippen LogP contribution in [-0.4, -0.2) is 37.4 Å². The first-order chi connectivity index (χ1) is 8.54. The molecule has 0 heterocycles. The minimum atomic E-state index is -0.220. The highest BCUT2D eigenvalue weighted by molar-refractivity contribution is 5.77. The molecule has 100 valence electrons. The van der Waals surface area contributed by atoms with Crippen molar-refractivity contribution in [3.05, 3.63) is 23.8 Å². The standard InChI is InChI=1S/C13H19NO4/c1-9(7-17-3)14-13(16)8-18-12-6-4-5-11(15)10(12)2/h4-6,9,15H,7-8H2,1-3H3,(H,14,16). The summed E-state index contributed by atoms with van der Waals surface area (Å²) in [6, 6.07) is 4.89. The molecule has 1 unspecified atom stereocenters. The van der Waals surface area contributed by atoms with E-state index in [0.29, 0.717) is 17.9 Å². The van der Waals surface area contributed by atoms with Gasteiger partial charge in [-0.25, -0.2) is 0 Å². The van der Waals surface area contributed by atoms with Crippen LogP contribution in [0, 0.1) is 6.92 Å². The Morgan fingerprint density at radius 1 is 1.50 bits per heavy atom. The van der Waals surface area contributed by atoms with Gasteiger partial charge in [0.05, 0.1) is 6.61 Å². The van der Waals surface area contributed by atoms with Gasteiger partial charge in [-0.3, -0.25) is 4.79 Å². The molecule has 1 amide bonds. The Morgan fingerprint density at radius 2 is 2.22 bits per heavy atom. The van der Waals surface area contributed by atoms with E-state index < -0.39 is 0 Å². The predicted octanol–water partition coefficient (Wildman–Crippen LogP) is 1.23. The highest BCUT2D eigenvalue weighted by Gasteiger charge is 2.09. The van der Waals surface area contributed by atoms with Crippen molar-refractivity contribution < 1.29 is 19.4 Å². The van der Waals surface area contributed by atoms with E-state index in [1.54, 1.807) is 32.2 Å². The van der Waals surface area contributed by atoms with Crippen LogP contribution in [-0.2, 0) is 9.53 Å². The Balaban J connectivity index is 2.45. The minimum Gasteiger partial charge on any atom is -0.508 e. The van der Waals surface area contributed by atoms with Crippen LogP contribution < -0.4 is 10.1 Å². The minimum absolute atomic E-state index is 0.0589. The first-order valence-corrected chi connectivity index (χ1v) is 5.74. The number of aromatic hydroxyl groups is 1. The topological polar surface area (TPSA) is 67.8 Å². The second-order valence-electron chi connectivity index (χ2n) is 4.11. The van der Waals surface area contributed by atoms with Gasteiger partial charge in [0, 0.05) is 18.7 Å². The molecule has 0 bridgehead atoms. The monoisotopic (exact) mass is 253 g/mol. The van der Waals surface area contributed by atoms with Crippen molar-refractivity contribution in [3.63, 3.8) is 0 Å². The summed E-state index contributed by atoms with van der Waals surface area (Å²) in [6.45, 7) is 3.95. The Bertz CT molecular complexity index is 406. The summed E-state index contributed by atoms with van der Waals surface area (Å²) in [5, 5.41) is 12.2. The summed E-state index contributed by atoms with van der Waals surface area (Å²) in [5.74, 6) is 0.437. The lowest BCUT2D eigenvalue weighted by Crippen LogP contribution is -2.38. The van der Waals surface area contributed by atoms with Crippen LogP contribution in [0.4, 0.5) is 0 Å². The number of phenols is 1. The molecule has 1 aromatic carbocycles. The number of hydrogen-bond donors (Lipinski definition) is 2. The van der Waals surface area contributed by atoms with E-state index >= 15 is 0 Å². The molecule has 0 spiro atoms. The molecule has 0 aliphatic rings. The van der Waals surface area contributed by atoms with Crippen molar-refractivity contribution in [1.82, 2.24) is 5.32 Å². The number of rotatable bonds is 6. The third-order valence-electron chi connectivity index (χ3n) is 2.44. The second kappa shape index (κ2) is 6.86. The first-order valence-electron chi connectivity index (χ1n) is 5.74. The first kappa shape index (κ1) is 14.3. The van der Waals surface area contributed by atoms with Gasteiger partial charge in [0.2, 0.25) is 0 Å². The summed E-state index contributed by atoms with van der Waals surface area (Å²) in [5.41, 5.74) is 0.621. The van der Waals surface area contributed by atoms with E-state index in [1.807, 2.05) is 6.92 Å². The molecular formula is C13H19NO4. The molecule has 0 saturated carbocycles. The van der Waals surface area contributed by atoms with Crippen molar-refractivity contribution in [2.75, 3.05) is 20.3 Å². The smallest absolute Gasteiger partial charge is 0.258 e. The molecule has 0 aliphatic heterocycles. The fourth-order valence-corrected chi connectivity index (χ4v) is 1.51. The zero-order chi connectivity index (χ0) is 13.5. The molecule has 5 nitrogen and oxygen atoms in total. The lowest BCUT2D eigenvalue weighted by atomic mass is 10.2. The zero-order valence-corrected chi connectivity index (χ0v) is 10.9. The van der Waals surface area contributed by atoms with Crippen molar-refractivity contribution in [1.29, 1.82) is 0 Å². The average molecular weight is 253 g/mol. The van der Waals surface area contributed by atoms with Crippen molar-refractivity contribution in [3.8, 4) is 11.5 Å². The molecule has 0 radical (unpaired) electrons. The largest absolute Gasteiger partial charge is 0.508 e. The molecule has 1 atom stereocenters. The number of benzene rings is 1. The van der Waals surface area contributed by atoms with Crippen LogP contribution >= 0.6 is 0 Å². The van der Waals surface area contributed by atoms with Gasteiger partial charge in [0.1, 0.15) is 11.5 Å². The Labute approximate surface area is 107 Å². The van der Waals surface area contributed by atoms with Gasteiger partial charge in [-0.2, -0.15) is 0 Å². The fourth-order valence-electron chi connectivity index (χ4n) is 1.51. The molecule has 0 fully saturated rings. The van der Waals surface area contributed by atoms with Crippen LogP contribution in [0.2, 0.25) is 0 Å². The molecule has 1 aromatic rings. The van der Waals surface area contributed by atoms with Gasteiger partial charge in [0.25, 0.3) is 5.91 Å². The number of amides is 1. The van der Waals surface area contributed by atoms with Crippen molar-refractivity contribution >= 4 is 5.91 Å². The molecule has 1 rings (SSSR count). The highest BCUT2D eigenvalue weighted by Crippen LogP contribution is 2.25. The van der Waals surface area contributed by atoms with Crippen LogP contribution in [0.1, 0.15) is 12.5 Å². The van der Waals surface area contributed by atoms with Gasteiger partial charge in [-0.1, -0.05) is 6.07 Å². The van der Waals surface area contributed by atoms with E-state index in [2.05, 4.69) is 5.32 Å². The third-order valence-corrected chi connectivity index (χ3v) is 2.44. The number of hydrogen-bond acceptors (Lipinski definition) is 4. The maximum atomic E-state index is 11.5. The van der Waals surface area contributed by atoms with Gasteiger partial charge < -0.3 is 19.9 Å². The highest BCUT2D eigenvalue weighted by atomic mass is 16.5. The summed E-state index contributed by atoms with van der Waals surface area (Å²) >= 11 is 0. The van der Waals surface area contributed by atoms with Crippen LogP contribution in [0.25, 0.3) is 0 Å². The molecule has 0 aromatic heterocycles. The summed E-state index contributed by atoms with van der Waals surface area (Å²) in [7, 11) is 1.58. The number of phenolic OH excluding ortho intramolecular Hbond substituents is 1. The quantitative estimate of drug-likeness (QED) is 0.800. The summed E-state index contributed by atoms with van der Waals surface area (Å²) in [4.78, 5) is 11.5. The molecule has 5 heteroatoms. The Morgan fingerprint density at radius 3 is 2.89 bits per heavy atom. The van der Waals surface area contributed by atoms with Gasteiger partial charge in [-0.15, -0.1) is 0 Å². The van der Waals surface area contributed by atoms with Crippen LogP contribution in [0.5, 0.6) is 11.5 Å². The molecular weight excluding hydrogens is 234 g/mol. The van der Waals surface area contributed by atoms with Crippen LogP contribution in [0.3, 0.4) is 0 Å². The van der Waals surface area contributed by atoms with E-state index in [4.69, 9.17) is 9.47 Å². The predicted molar refractivity (Wildman–Crippen MR) is 67.8 cm³/mol. The number of methoxy groups -OCH3 is 1. The Hall–Kier alpha value is -1.75. The van der Waals surface area contributed by atoms with Crippen LogP contribution in [0.15, 0.2) is 18.2 Å². The van der Waals surface area contributed by atoms with E-state index in [1.165, 1.54) is 0 Å². The summed E-state index contributed by atoms with van der Waals surface area (Å²) in [6.07, 6.45) is 0. The molecule has 0 aliphatic carbocycles. The maximum absolute atomic E-state index is 11.5. The maximum Gasteiger partial charge on any atom is 0.258 e. The van der Waals surface area contributed by atoms with Gasteiger partial charge in [0.15, 0.2) is 6.61 Å².